The molecule has 0 saturated carbocycles. The van der Waals surface area contributed by atoms with E-state index in [1.54, 1.807) is 11.8 Å². The molecule has 1 aliphatic rings. The van der Waals surface area contributed by atoms with Crippen molar-refractivity contribution in [3.8, 4) is 0 Å². The predicted octanol–water partition coefficient (Wildman–Crippen LogP) is 2.63. The third kappa shape index (κ3) is 6.69. The summed E-state index contributed by atoms with van der Waals surface area (Å²) in [6.45, 7) is 3.82. The summed E-state index contributed by atoms with van der Waals surface area (Å²) in [5.41, 5.74) is 1.10. The number of amides is 2. The Hall–Kier alpha value is -2.31. The summed E-state index contributed by atoms with van der Waals surface area (Å²) >= 11 is 1.71. The molecule has 1 fully saturated rings. The summed E-state index contributed by atoms with van der Waals surface area (Å²) in [5.74, 6) is 1.03. The van der Waals surface area contributed by atoms with Gasteiger partial charge in [0.1, 0.15) is 0 Å². The highest BCUT2D eigenvalue weighted by molar-refractivity contribution is 7.99. The smallest absolute Gasteiger partial charge is 0.234 e. The standard InChI is InChI=1S/C22H27N3O2S/c26-21(23-17-19-7-3-1-4-8-19)18-24-12-14-25(15-13-24)22(27)11-16-28-20-9-5-2-6-10-20/h1-10H,11-18H2,(H,23,26). The largest absolute Gasteiger partial charge is 0.351 e. The average Bonchev–Trinajstić information content (AvgIpc) is 2.74. The molecule has 3 rings (SSSR count). The third-order valence-corrected chi connectivity index (χ3v) is 5.77. The second-order valence-electron chi connectivity index (χ2n) is 6.83. The molecule has 0 atom stereocenters. The maximum absolute atomic E-state index is 12.4. The Morgan fingerprint density at radius 2 is 1.54 bits per heavy atom. The van der Waals surface area contributed by atoms with Crippen molar-refractivity contribution < 1.29 is 9.59 Å². The minimum atomic E-state index is 0.0305. The molecule has 28 heavy (non-hydrogen) atoms. The Labute approximate surface area is 171 Å². The summed E-state index contributed by atoms with van der Waals surface area (Å²) in [5, 5.41) is 2.96. The lowest BCUT2D eigenvalue weighted by molar-refractivity contribution is -0.132. The van der Waals surface area contributed by atoms with Gasteiger partial charge >= 0.3 is 0 Å². The summed E-state index contributed by atoms with van der Waals surface area (Å²) in [6.07, 6.45) is 0.553. The summed E-state index contributed by atoms with van der Waals surface area (Å²) in [6, 6.07) is 20.1. The van der Waals surface area contributed by atoms with E-state index in [1.807, 2.05) is 53.4 Å². The molecule has 0 aliphatic carbocycles. The van der Waals surface area contributed by atoms with Gasteiger partial charge in [0.2, 0.25) is 11.8 Å². The first kappa shape index (κ1) is 20.4. The molecule has 5 nitrogen and oxygen atoms in total. The van der Waals surface area contributed by atoms with Crippen molar-refractivity contribution in [3.63, 3.8) is 0 Å². The molecule has 148 valence electrons. The first-order chi connectivity index (χ1) is 13.7. The van der Waals surface area contributed by atoms with E-state index in [1.165, 1.54) is 4.90 Å². The predicted molar refractivity (Wildman–Crippen MR) is 113 cm³/mol. The van der Waals surface area contributed by atoms with Crippen molar-refractivity contribution in [3.05, 3.63) is 66.2 Å². The number of nitrogens with zero attached hydrogens (tertiary/aromatic N) is 2. The maximum atomic E-state index is 12.4. The van der Waals surface area contributed by atoms with E-state index in [0.29, 0.717) is 32.6 Å². The van der Waals surface area contributed by atoms with E-state index in [4.69, 9.17) is 0 Å². The highest BCUT2D eigenvalue weighted by Crippen LogP contribution is 2.18. The summed E-state index contributed by atoms with van der Waals surface area (Å²) in [7, 11) is 0. The molecule has 2 aromatic rings. The van der Waals surface area contributed by atoms with Crippen LogP contribution in [0.5, 0.6) is 0 Å². The van der Waals surface area contributed by atoms with Crippen molar-refractivity contribution in [2.45, 2.75) is 17.9 Å². The highest BCUT2D eigenvalue weighted by atomic mass is 32.2. The van der Waals surface area contributed by atoms with E-state index in [0.717, 1.165) is 24.4 Å². The fourth-order valence-electron chi connectivity index (χ4n) is 3.14. The minimum Gasteiger partial charge on any atom is -0.351 e. The van der Waals surface area contributed by atoms with Crippen LogP contribution < -0.4 is 5.32 Å². The van der Waals surface area contributed by atoms with E-state index in [2.05, 4.69) is 22.3 Å². The molecule has 2 amide bonds. The number of thioether (sulfide) groups is 1. The van der Waals surface area contributed by atoms with Crippen molar-refractivity contribution in [2.75, 3.05) is 38.5 Å². The van der Waals surface area contributed by atoms with Gasteiger partial charge < -0.3 is 10.2 Å². The molecule has 0 unspecified atom stereocenters. The lowest BCUT2D eigenvalue weighted by Gasteiger charge is -2.34. The van der Waals surface area contributed by atoms with Crippen LogP contribution in [0.25, 0.3) is 0 Å². The van der Waals surface area contributed by atoms with Crippen LogP contribution in [0.1, 0.15) is 12.0 Å². The Balaban J connectivity index is 1.31. The normalized spacial score (nSPS) is 14.6. The van der Waals surface area contributed by atoms with E-state index in [-0.39, 0.29) is 11.8 Å². The molecule has 1 aliphatic heterocycles. The van der Waals surface area contributed by atoms with Gasteiger partial charge in [0.05, 0.1) is 6.54 Å². The summed E-state index contributed by atoms with van der Waals surface area (Å²) in [4.78, 5) is 29.8. The number of rotatable bonds is 8. The lowest BCUT2D eigenvalue weighted by Crippen LogP contribution is -2.51. The molecule has 1 saturated heterocycles. The maximum Gasteiger partial charge on any atom is 0.234 e. The number of hydrogen-bond donors (Lipinski definition) is 1. The molecule has 0 aromatic heterocycles. The lowest BCUT2D eigenvalue weighted by atomic mass is 10.2. The van der Waals surface area contributed by atoms with E-state index in [9.17, 15) is 9.59 Å². The molecule has 6 heteroatoms. The van der Waals surface area contributed by atoms with E-state index >= 15 is 0 Å². The van der Waals surface area contributed by atoms with Crippen LogP contribution in [0.15, 0.2) is 65.6 Å². The van der Waals surface area contributed by atoms with Gasteiger partial charge in [-0.1, -0.05) is 48.5 Å². The van der Waals surface area contributed by atoms with Gasteiger partial charge in [-0.05, 0) is 17.7 Å². The van der Waals surface area contributed by atoms with Crippen molar-refractivity contribution in [1.82, 2.24) is 15.1 Å². The van der Waals surface area contributed by atoms with Gasteiger partial charge in [0.15, 0.2) is 0 Å². The van der Waals surface area contributed by atoms with Gasteiger partial charge in [-0.2, -0.15) is 0 Å². The fraction of sp³-hybridized carbons (Fsp3) is 0.364. The first-order valence-corrected chi connectivity index (χ1v) is 10.7. The van der Waals surface area contributed by atoms with Gasteiger partial charge in [-0.15, -0.1) is 11.8 Å². The third-order valence-electron chi connectivity index (χ3n) is 4.75. The molecular weight excluding hydrogens is 370 g/mol. The van der Waals surface area contributed by atoms with Crippen LogP contribution in [0.3, 0.4) is 0 Å². The average molecular weight is 398 g/mol. The van der Waals surface area contributed by atoms with Gasteiger partial charge in [-0.3, -0.25) is 14.5 Å². The second-order valence-corrected chi connectivity index (χ2v) is 8.00. The number of carbonyl (C=O) groups is 2. The number of nitrogens with one attached hydrogen (secondary N) is 1. The Bertz CT molecular complexity index is 747. The summed E-state index contributed by atoms with van der Waals surface area (Å²) < 4.78 is 0. The van der Waals surface area contributed by atoms with Gasteiger partial charge in [0.25, 0.3) is 0 Å². The zero-order valence-electron chi connectivity index (χ0n) is 16.0. The van der Waals surface area contributed by atoms with Crippen LogP contribution in [0.4, 0.5) is 0 Å². The van der Waals surface area contributed by atoms with Crippen molar-refractivity contribution in [1.29, 1.82) is 0 Å². The second kappa shape index (κ2) is 10.9. The van der Waals surface area contributed by atoms with Gasteiger partial charge in [0, 0.05) is 49.8 Å². The molecule has 1 N–H and O–H groups in total. The van der Waals surface area contributed by atoms with Crippen LogP contribution >= 0.6 is 11.8 Å². The van der Waals surface area contributed by atoms with Gasteiger partial charge in [-0.25, -0.2) is 0 Å². The SMILES string of the molecule is O=C(CN1CCN(C(=O)CCSc2ccccc2)CC1)NCc1ccccc1. The van der Waals surface area contributed by atoms with Crippen LogP contribution in [-0.2, 0) is 16.1 Å². The molecule has 0 radical (unpaired) electrons. The fourth-order valence-corrected chi connectivity index (χ4v) is 4.00. The van der Waals surface area contributed by atoms with Crippen LogP contribution in [-0.4, -0.2) is 60.1 Å². The zero-order valence-corrected chi connectivity index (χ0v) is 16.9. The molecule has 2 aromatic carbocycles. The van der Waals surface area contributed by atoms with Crippen LogP contribution in [0, 0.1) is 0 Å². The molecule has 0 spiro atoms. The van der Waals surface area contributed by atoms with Crippen LogP contribution in [0.2, 0.25) is 0 Å². The zero-order chi connectivity index (χ0) is 19.6. The molecular formula is C22H27N3O2S. The molecule has 0 bridgehead atoms. The molecule has 1 heterocycles. The van der Waals surface area contributed by atoms with Crippen molar-refractivity contribution in [2.24, 2.45) is 0 Å². The topological polar surface area (TPSA) is 52.7 Å². The Morgan fingerprint density at radius 1 is 0.893 bits per heavy atom. The monoisotopic (exact) mass is 397 g/mol. The Morgan fingerprint density at radius 3 is 2.21 bits per heavy atom. The van der Waals surface area contributed by atoms with Crippen molar-refractivity contribution >= 4 is 23.6 Å². The number of hydrogen-bond acceptors (Lipinski definition) is 4. The number of benzene rings is 2. The highest BCUT2D eigenvalue weighted by Gasteiger charge is 2.22. The quantitative estimate of drug-likeness (QED) is 0.696. The first-order valence-electron chi connectivity index (χ1n) is 9.69. The Kier molecular flexibility index (Phi) is 7.94. The number of carbonyl (C=O) groups excluding carboxylic acids is 2. The minimum absolute atomic E-state index is 0.0305. The number of piperazine rings is 1. The van der Waals surface area contributed by atoms with E-state index < -0.39 is 0 Å².